The fourth-order valence-electron chi connectivity index (χ4n) is 3.78. The molecule has 1 saturated heterocycles. The molecular formula is C22H24N6O. The molecule has 0 saturated carbocycles. The van der Waals surface area contributed by atoms with E-state index in [9.17, 15) is 5.26 Å². The number of morpholine rings is 1. The number of pyridine rings is 1. The normalized spacial score (nSPS) is 15.2. The molecular weight excluding hydrogens is 364 g/mol. The van der Waals surface area contributed by atoms with Gasteiger partial charge in [0.1, 0.15) is 0 Å². The zero-order valence-electron chi connectivity index (χ0n) is 16.9. The molecule has 0 bridgehead atoms. The van der Waals surface area contributed by atoms with Crippen molar-refractivity contribution in [3.05, 3.63) is 52.8 Å². The Bertz CT molecular complexity index is 1080. The third-order valence-corrected chi connectivity index (χ3v) is 5.46. The van der Waals surface area contributed by atoms with E-state index in [1.165, 1.54) is 0 Å². The third-order valence-electron chi connectivity index (χ3n) is 5.46. The Kier molecular flexibility index (Phi) is 5.28. The molecule has 3 aromatic rings. The van der Waals surface area contributed by atoms with E-state index in [0.717, 1.165) is 59.7 Å². The van der Waals surface area contributed by atoms with Crippen LogP contribution in [0.1, 0.15) is 35.3 Å². The highest BCUT2D eigenvalue weighted by atomic mass is 16.5. The van der Waals surface area contributed by atoms with Gasteiger partial charge < -0.3 is 15.0 Å². The average molecular weight is 388 g/mol. The fourth-order valence-corrected chi connectivity index (χ4v) is 3.78. The number of ether oxygens (including phenoxy) is 1. The summed E-state index contributed by atoms with van der Waals surface area (Å²) >= 11 is 0. The monoisotopic (exact) mass is 388 g/mol. The molecule has 7 nitrogen and oxygen atoms in total. The zero-order chi connectivity index (χ0) is 20.4. The van der Waals surface area contributed by atoms with Crippen LogP contribution in [-0.2, 0) is 4.74 Å². The van der Waals surface area contributed by atoms with Gasteiger partial charge in [0, 0.05) is 18.5 Å². The Morgan fingerprint density at radius 3 is 2.76 bits per heavy atom. The number of rotatable bonds is 4. The first-order chi connectivity index (χ1) is 14.1. The molecule has 1 aliphatic heterocycles. The standard InChI is InChI=1S/C22H24N6O/c1-14-17(12-23)5-4-6-19(14)15(2)25-22-20-11-18(28-7-9-29-10-8-28)13-24-21(20)16(3)26-27-22/h4-6,11,13,15H,7-10H2,1-3H3,(H,25,27). The number of hydrogen-bond donors (Lipinski definition) is 1. The fraction of sp³-hybridized carbons (Fsp3) is 0.364. The maximum Gasteiger partial charge on any atom is 0.158 e. The Morgan fingerprint density at radius 2 is 2.00 bits per heavy atom. The highest BCUT2D eigenvalue weighted by Gasteiger charge is 2.17. The van der Waals surface area contributed by atoms with Crippen LogP contribution in [0.25, 0.3) is 10.9 Å². The predicted octanol–water partition coefficient (Wildman–Crippen LogP) is 3.52. The summed E-state index contributed by atoms with van der Waals surface area (Å²) in [6.45, 7) is 9.11. The van der Waals surface area contributed by atoms with Crippen molar-refractivity contribution in [1.29, 1.82) is 5.26 Å². The van der Waals surface area contributed by atoms with E-state index >= 15 is 0 Å². The highest BCUT2D eigenvalue weighted by molar-refractivity contribution is 5.92. The van der Waals surface area contributed by atoms with E-state index in [2.05, 4.69) is 44.5 Å². The van der Waals surface area contributed by atoms with Crippen LogP contribution in [0.2, 0.25) is 0 Å². The number of fused-ring (bicyclic) bond motifs is 1. The number of nitrogens with zero attached hydrogens (tertiary/aromatic N) is 5. The van der Waals surface area contributed by atoms with Crippen molar-refractivity contribution in [2.75, 3.05) is 36.5 Å². The van der Waals surface area contributed by atoms with Gasteiger partial charge >= 0.3 is 0 Å². The van der Waals surface area contributed by atoms with Gasteiger partial charge in [0.2, 0.25) is 0 Å². The first kappa shape index (κ1) is 19.1. The lowest BCUT2D eigenvalue weighted by molar-refractivity contribution is 0.122. The smallest absolute Gasteiger partial charge is 0.158 e. The number of hydrogen-bond acceptors (Lipinski definition) is 7. The molecule has 0 amide bonds. The molecule has 4 rings (SSSR count). The van der Waals surface area contributed by atoms with E-state index in [4.69, 9.17) is 4.74 Å². The van der Waals surface area contributed by atoms with E-state index < -0.39 is 0 Å². The minimum Gasteiger partial charge on any atom is -0.378 e. The molecule has 0 aliphatic carbocycles. The van der Waals surface area contributed by atoms with Gasteiger partial charge in [0.05, 0.1) is 54.0 Å². The summed E-state index contributed by atoms with van der Waals surface area (Å²) < 4.78 is 5.46. The third kappa shape index (κ3) is 3.71. The number of nitriles is 1. The molecule has 0 spiro atoms. The van der Waals surface area contributed by atoms with Gasteiger partial charge in [0.15, 0.2) is 5.82 Å². The zero-order valence-corrected chi connectivity index (χ0v) is 16.9. The summed E-state index contributed by atoms with van der Waals surface area (Å²) in [5, 5.41) is 22.5. The van der Waals surface area contributed by atoms with Gasteiger partial charge in [-0.15, -0.1) is 5.10 Å². The van der Waals surface area contributed by atoms with Crippen molar-refractivity contribution >= 4 is 22.4 Å². The molecule has 1 atom stereocenters. The average Bonchev–Trinajstić information content (AvgIpc) is 2.76. The predicted molar refractivity (Wildman–Crippen MR) is 113 cm³/mol. The molecule has 29 heavy (non-hydrogen) atoms. The van der Waals surface area contributed by atoms with Crippen LogP contribution in [0, 0.1) is 25.2 Å². The maximum absolute atomic E-state index is 9.33. The lowest BCUT2D eigenvalue weighted by Gasteiger charge is -2.29. The van der Waals surface area contributed by atoms with Gasteiger partial charge in [0.25, 0.3) is 0 Å². The number of aryl methyl sites for hydroxylation is 1. The summed E-state index contributed by atoms with van der Waals surface area (Å²) in [5.41, 5.74) is 5.44. The van der Waals surface area contributed by atoms with Crippen LogP contribution in [0.3, 0.4) is 0 Å². The highest BCUT2D eigenvalue weighted by Crippen LogP contribution is 2.30. The van der Waals surface area contributed by atoms with Crippen molar-refractivity contribution in [3.63, 3.8) is 0 Å². The van der Waals surface area contributed by atoms with Crippen LogP contribution in [0.15, 0.2) is 30.5 Å². The molecule has 2 aromatic heterocycles. The van der Waals surface area contributed by atoms with Crippen molar-refractivity contribution in [2.45, 2.75) is 26.8 Å². The lowest BCUT2D eigenvalue weighted by Crippen LogP contribution is -2.36. The Morgan fingerprint density at radius 1 is 1.21 bits per heavy atom. The molecule has 1 N–H and O–H groups in total. The molecule has 1 fully saturated rings. The molecule has 1 unspecified atom stereocenters. The Labute approximate surface area is 170 Å². The molecule has 1 aliphatic rings. The number of benzene rings is 1. The van der Waals surface area contributed by atoms with Crippen molar-refractivity contribution in [1.82, 2.24) is 15.2 Å². The largest absolute Gasteiger partial charge is 0.378 e. The van der Waals surface area contributed by atoms with E-state index in [-0.39, 0.29) is 6.04 Å². The molecule has 1 aromatic carbocycles. The minimum absolute atomic E-state index is 0.0319. The summed E-state index contributed by atoms with van der Waals surface area (Å²) in [6, 6.07) is 10.1. The second kappa shape index (κ2) is 8.02. The number of aromatic nitrogens is 3. The Hall–Kier alpha value is -3.24. The quantitative estimate of drug-likeness (QED) is 0.731. The maximum atomic E-state index is 9.33. The lowest BCUT2D eigenvalue weighted by atomic mass is 9.98. The SMILES string of the molecule is Cc1c(C#N)cccc1C(C)Nc1nnc(C)c2ncc(N3CCOCC3)cc12. The molecule has 0 radical (unpaired) electrons. The summed E-state index contributed by atoms with van der Waals surface area (Å²) in [4.78, 5) is 6.95. The molecule has 148 valence electrons. The number of nitrogens with one attached hydrogen (secondary N) is 1. The van der Waals surface area contributed by atoms with E-state index in [0.29, 0.717) is 11.4 Å². The van der Waals surface area contributed by atoms with Gasteiger partial charge in [-0.1, -0.05) is 12.1 Å². The van der Waals surface area contributed by atoms with Crippen molar-refractivity contribution < 1.29 is 4.74 Å². The van der Waals surface area contributed by atoms with Crippen LogP contribution in [0.4, 0.5) is 11.5 Å². The van der Waals surface area contributed by atoms with Crippen LogP contribution < -0.4 is 10.2 Å². The van der Waals surface area contributed by atoms with Gasteiger partial charge in [-0.05, 0) is 44.0 Å². The first-order valence-corrected chi connectivity index (χ1v) is 9.80. The second-order valence-corrected chi connectivity index (χ2v) is 7.32. The van der Waals surface area contributed by atoms with E-state index in [1.54, 1.807) is 0 Å². The summed E-state index contributed by atoms with van der Waals surface area (Å²) in [5.74, 6) is 0.697. The van der Waals surface area contributed by atoms with Gasteiger partial charge in [-0.25, -0.2) is 0 Å². The second-order valence-electron chi connectivity index (χ2n) is 7.32. The summed E-state index contributed by atoms with van der Waals surface area (Å²) in [7, 11) is 0. The first-order valence-electron chi connectivity index (χ1n) is 9.80. The van der Waals surface area contributed by atoms with Crippen LogP contribution >= 0.6 is 0 Å². The number of anilines is 2. The van der Waals surface area contributed by atoms with Gasteiger partial charge in [-0.3, -0.25) is 4.98 Å². The Balaban J connectivity index is 1.71. The minimum atomic E-state index is -0.0319. The summed E-state index contributed by atoms with van der Waals surface area (Å²) in [6.07, 6.45) is 1.90. The molecule has 3 heterocycles. The van der Waals surface area contributed by atoms with Crippen LogP contribution in [-0.4, -0.2) is 41.5 Å². The van der Waals surface area contributed by atoms with E-state index in [1.807, 2.05) is 38.2 Å². The topological polar surface area (TPSA) is 87.0 Å². The van der Waals surface area contributed by atoms with Gasteiger partial charge in [-0.2, -0.15) is 10.4 Å². The van der Waals surface area contributed by atoms with Crippen LogP contribution in [0.5, 0.6) is 0 Å². The molecule has 7 heteroatoms. The van der Waals surface area contributed by atoms with Crippen molar-refractivity contribution in [3.8, 4) is 6.07 Å². The van der Waals surface area contributed by atoms with Crippen molar-refractivity contribution in [2.24, 2.45) is 0 Å².